The lowest BCUT2D eigenvalue weighted by atomic mass is 10.2. The Labute approximate surface area is 181 Å². The Kier molecular flexibility index (Phi) is 5.37. The van der Waals surface area contributed by atoms with Crippen LogP contribution in [0.3, 0.4) is 0 Å². The standard InChI is InChI=1S/C23H26N8/c1-24-21-18(3-2-9-26-21)16-31-12-8-17-15-27-23(29-22(17)31)28-19-4-6-20(7-5-19)30-13-10-25-11-14-30/h2-9,12,15,25H,10-11,13-14,16H2,1H3,(H,24,26)(H,27,28,29). The maximum atomic E-state index is 4.78. The second-order valence-electron chi connectivity index (χ2n) is 7.59. The minimum atomic E-state index is 0.586. The van der Waals surface area contributed by atoms with Crippen LogP contribution in [0.4, 0.5) is 23.1 Å². The van der Waals surface area contributed by atoms with Crippen LogP contribution in [-0.4, -0.2) is 52.7 Å². The summed E-state index contributed by atoms with van der Waals surface area (Å²) in [4.78, 5) is 16.1. The average molecular weight is 415 g/mol. The van der Waals surface area contributed by atoms with Gasteiger partial charge in [0.25, 0.3) is 0 Å². The van der Waals surface area contributed by atoms with E-state index in [1.54, 1.807) is 6.20 Å². The van der Waals surface area contributed by atoms with E-state index in [2.05, 4.69) is 65.7 Å². The highest BCUT2D eigenvalue weighted by Gasteiger charge is 2.11. The number of aromatic nitrogens is 4. The SMILES string of the molecule is CNc1ncccc1Cn1ccc2cnc(Nc3ccc(N4CCNCC4)cc3)nc21. The number of nitrogens with zero attached hydrogens (tertiary/aromatic N) is 5. The summed E-state index contributed by atoms with van der Waals surface area (Å²) in [6.45, 7) is 4.82. The van der Waals surface area contributed by atoms with Crippen LogP contribution in [0.25, 0.3) is 11.0 Å². The summed E-state index contributed by atoms with van der Waals surface area (Å²) in [6.07, 6.45) is 5.69. The second-order valence-corrected chi connectivity index (χ2v) is 7.59. The summed E-state index contributed by atoms with van der Waals surface area (Å²) in [5, 5.41) is 10.9. The number of hydrogen-bond acceptors (Lipinski definition) is 7. The maximum absolute atomic E-state index is 4.78. The van der Waals surface area contributed by atoms with Crippen LogP contribution < -0.4 is 20.9 Å². The molecule has 0 aliphatic carbocycles. The van der Waals surface area contributed by atoms with Crippen LogP contribution in [-0.2, 0) is 6.54 Å². The van der Waals surface area contributed by atoms with Gasteiger partial charge in [-0.3, -0.25) is 0 Å². The molecule has 1 aromatic carbocycles. The van der Waals surface area contributed by atoms with E-state index in [-0.39, 0.29) is 0 Å². The number of anilines is 4. The van der Waals surface area contributed by atoms with Gasteiger partial charge in [0.15, 0.2) is 0 Å². The van der Waals surface area contributed by atoms with E-state index in [9.17, 15) is 0 Å². The van der Waals surface area contributed by atoms with Crippen molar-refractivity contribution in [3.8, 4) is 0 Å². The Morgan fingerprint density at radius 1 is 1.03 bits per heavy atom. The van der Waals surface area contributed by atoms with Crippen molar-refractivity contribution < 1.29 is 0 Å². The molecule has 158 valence electrons. The van der Waals surface area contributed by atoms with Crippen molar-refractivity contribution in [2.75, 3.05) is 48.8 Å². The topological polar surface area (TPSA) is 82.9 Å². The molecule has 31 heavy (non-hydrogen) atoms. The van der Waals surface area contributed by atoms with Crippen molar-refractivity contribution >= 4 is 34.2 Å². The molecule has 0 amide bonds. The minimum Gasteiger partial charge on any atom is -0.373 e. The predicted molar refractivity (Wildman–Crippen MR) is 125 cm³/mol. The van der Waals surface area contributed by atoms with Crippen LogP contribution in [0.5, 0.6) is 0 Å². The van der Waals surface area contributed by atoms with Crippen molar-refractivity contribution in [3.63, 3.8) is 0 Å². The first-order chi connectivity index (χ1) is 15.3. The van der Waals surface area contributed by atoms with Gasteiger partial charge in [-0.25, -0.2) is 9.97 Å². The van der Waals surface area contributed by atoms with Crippen molar-refractivity contribution in [3.05, 3.63) is 66.6 Å². The molecule has 0 radical (unpaired) electrons. The van der Waals surface area contributed by atoms with Gasteiger partial charge in [-0.2, -0.15) is 4.98 Å². The van der Waals surface area contributed by atoms with Crippen LogP contribution in [0.15, 0.2) is 61.1 Å². The van der Waals surface area contributed by atoms with Crippen molar-refractivity contribution in [2.45, 2.75) is 6.54 Å². The lowest BCUT2D eigenvalue weighted by molar-refractivity contribution is 0.589. The first-order valence-electron chi connectivity index (χ1n) is 10.6. The number of nitrogens with one attached hydrogen (secondary N) is 3. The normalized spacial score (nSPS) is 14.0. The zero-order valence-electron chi connectivity index (χ0n) is 17.5. The van der Waals surface area contributed by atoms with Crippen LogP contribution in [0, 0.1) is 0 Å². The summed E-state index contributed by atoms with van der Waals surface area (Å²) in [6, 6.07) is 14.5. The molecule has 3 N–H and O–H groups in total. The zero-order valence-corrected chi connectivity index (χ0v) is 17.5. The highest BCUT2D eigenvalue weighted by Crippen LogP contribution is 2.22. The van der Waals surface area contributed by atoms with E-state index in [4.69, 9.17) is 4.98 Å². The van der Waals surface area contributed by atoms with Gasteiger partial charge < -0.3 is 25.4 Å². The Bertz CT molecular complexity index is 1160. The monoisotopic (exact) mass is 414 g/mol. The van der Waals surface area contributed by atoms with E-state index >= 15 is 0 Å². The molecule has 0 unspecified atom stereocenters. The number of pyridine rings is 1. The molecule has 1 aliphatic heterocycles. The molecule has 8 heteroatoms. The fourth-order valence-electron chi connectivity index (χ4n) is 3.94. The van der Waals surface area contributed by atoms with Gasteiger partial charge in [0.1, 0.15) is 11.5 Å². The number of fused-ring (bicyclic) bond motifs is 1. The van der Waals surface area contributed by atoms with Gasteiger partial charge in [-0.1, -0.05) is 6.07 Å². The molecule has 3 aromatic heterocycles. The molecule has 0 saturated carbocycles. The van der Waals surface area contributed by atoms with Crippen LogP contribution >= 0.6 is 0 Å². The van der Waals surface area contributed by atoms with Gasteiger partial charge in [-0.15, -0.1) is 0 Å². The van der Waals surface area contributed by atoms with E-state index in [0.717, 1.165) is 54.3 Å². The molecular weight excluding hydrogens is 388 g/mol. The average Bonchev–Trinajstić information content (AvgIpc) is 3.22. The molecule has 5 rings (SSSR count). The molecule has 0 bridgehead atoms. The summed E-state index contributed by atoms with van der Waals surface area (Å²) in [5.74, 6) is 1.46. The minimum absolute atomic E-state index is 0.586. The largest absolute Gasteiger partial charge is 0.373 e. The van der Waals surface area contributed by atoms with Crippen LogP contribution in [0.1, 0.15) is 5.56 Å². The number of hydrogen-bond donors (Lipinski definition) is 3. The molecule has 1 fully saturated rings. The Hall–Kier alpha value is -3.65. The maximum Gasteiger partial charge on any atom is 0.229 e. The number of piperazine rings is 1. The van der Waals surface area contributed by atoms with Gasteiger partial charge in [0.05, 0.1) is 6.54 Å². The summed E-state index contributed by atoms with van der Waals surface area (Å²) in [7, 11) is 1.89. The highest BCUT2D eigenvalue weighted by molar-refractivity contribution is 5.77. The molecular formula is C23H26N8. The molecule has 0 atom stereocenters. The van der Waals surface area contributed by atoms with Gasteiger partial charge in [-0.05, 0) is 36.4 Å². The molecule has 1 saturated heterocycles. The van der Waals surface area contributed by atoms with Crippen molar-refractivity contribution in [1.82, 2.24) is 24.8 Å². The first-order valence-corrected chi connectivity index (χ1v) is 10.6. The Balaban J connectivity index is 1.35. The molecule has 8 nitrogen and oxygen atoms in total. The number of rotatable bonds is 6. The summed E-state index contributed by atoms with van der Waals surface area (Å²) in [5.41, 5.74) is 4.22. The first kappa shape index (κ1) is 19.3. The van der Waals surface area contributed by atoms with Crippen LogP contribution in [0.2, 0.25) is 0 Å². The Morgan fingerprint density at radius 3 is 2.68 bits per heavy atom. The van der Waals surface area contributed by atoms with Gasteiger partial charge >= 0.3 is 0 Å². The lowest BCUT2D eigenvalue weighted by Gasteiger charge is -2.29. The van der Waals surface area contributed by atoms with Gasteiger partial charge in [0, 0.05) is 74.1 Å². The zero-order chi connectivity index (χ0) is 21.0. The lowest BCUT2D eigenvalue weighted by Crippen LogP contribution is -2.43. The fraction of sp³-hybridized carbons (Fsp3) is 0.261. The van der Waals surface area contributed by atoms with Crippen molar-refractivity contribution in [2.24, 2.45) is 0 Å². The van der Waals surface area contributed by atoms with E-state index in [1.165, 1.54) is 5.69 Å². The fourth-order valence-corrected chi connectivity index (χ4v) is 3.94. The third kappa shape index (κ3) is 4.15. The van der Waals surface area contributed by atoms with E-state index in [1.807, 2.05) is 31.6 Å². The predicted octanol–water partition coefficient (Wildman–Crippen LogP) is 3.07. The number of benzene rings is 1. The van der Waals surface area contributed by atoms with E-state index in [0.29, 0.717) is 12.5 Å². The molecule has 1 aliphatic rings. The van der Waals surface area contributed by atoms with Crippen molar-refractivity contribution in [1.29, 1.82) is 0 Å². The Morgan fingerprint density at radius 2 is 1.87 bits per heavy atom. The summed E-state index contributed by atoms with van der Waals surface area (Å²) < 4.78 is 2.12. The third-order valence-electron chi connectivity index (χ3n) is 5.58. The third-order valence-corrected chi connectivity index (χ3v) is 5.58. The highest BCUT2D eigenvalue weighted by atomic mass is 15.2. The quantitative estimate of drug-likeness (QED) is 0.447. The van der Waals surface area contributed by atoms with Gasteiger partial charge in [0.2, 0.25) is 5.95 Å². The molecule has 0 spiro atoms. The molecule has 4 aromatic rings. The van der Waals surface area contributed by atoms with E-state index < -0.39 is 0 Å². The smallest absolute Gasteiger partial charge is 0.229 e. The molecule has 4 heterocycles. The second kappa shape index (κ2) is 8.61. The summed E-state index contributed by atoms with van der Waals surface area (Å²) >= 11 is 0.